The number of carbonyl (C=O) groups excluding carboxylic acids is 1. The van der Waals surface area contributed by atoms with Gasteiger partial charge in [-0.05, 0) is 41.0 Å². The van der Waals surface area contributed by atoms with Crippen LogP contribution in [0.1, 0.15) is 38.3 Å². The van der Waals surface area contributed by atoms with Gasteiger partial charge in [-0.25, -0.2) is 4.79 Å². The van der Waals surface area contributed by atoms with Crippen LogP contribution in [0.2, 0.25) is 0 Å². The van der Waals surface area contributed by atoms with Gasteiger partial charge in [-0.15, -0.1) is 0 Å². The van der Waals surface area contributed by atoms with Crippen molar-refractivity contribution in [3.63, 3.8) is 0 Å². The summed E-state index contributed by atoms with van der Waals surface area (Å²) in [5, 5.41) is 15.7. The number of halogens is 3. The highest BCUT2D eigenvalue weighted by Gasteiger charge is 2.35. The molecule has 0 atom stereocenters. The molecule has 0 aliphatic carbocycles. The minimum absolute atomic E-state index is 0.179. The molecule has 1 amide bonds. The Balaban J connectivity index is 1.29. The maximum Gasteiger partial charge on any atom is 0.417 e. The lowest BCUT2D eigenvalue weighted by molar-refractivity contribution is -0.137. The Morgan fingerprint density at radius 2 is 1.51 bits per heavy atom. The first-order chi connectivity index (χ1) is 19.7. The van der Waals surface area contributed by atoms with E-state index in [1.54, 1.807) is 6.21 Å². The molecule has 0 heterocycles. The molecule has 10 heteroatoms. The predicted octanol–water partition coefficient (Wildman–Crippen LogP) is 7.14. The predicted molar refractivity (Wildman–Crippen MR) is 148 cm³/mol. The van der Waals surface area contributed by atoms with Crippen molar-refractivity contribution in [1.82, 2.24) is 0 Å². The number of aromatic carboxylic acids is 1. The number of oxime groups is 1. The van der Waals surface area contributed by atoms with Crippen LogP contribution in [0.25, 0.3) is 11.1 Å². The molecule has 41 heavy (non-hydrogen) atoms. The molecule has 0 aliphatic heterocycles. The average Bonchev–Trinajstić information content (AvgIpc) is 2.97. The van der Waals surface area contributed by atoms with Gasteiger partial charge in [-0.3, -0.25) is 4.79 Å². The Bertz CT molecular complexity index is 1520. The maximum atomic E-state index is 13.3. The van der Waals surface area contributed by atoms with Crippen LogP contribution < -0.4 is 10.1 Å². The number of rotatable bonds is 11. The van der Waals surface area contributed by atoms with Crippen LogP contribution in [-0.2, 0) is 11.0 Å². The van der Waals surface area contributed by atoms with E-state index < -0.39 is 29.2 Å². The lowest BCUT2D eigenvalue weighted by Crippen LogP contribution is -2.20. The van der Waals surface area contributed by atoms with Gasteiger partial charge in [0.1, 0.15) is 12.4 Å². The third-order valence-corrected chi connectivity index (χ3v) is 5.89. The number of anilines is 1. The van der Waals surface area contributed by atoms with E-state index in [0.29, 0.717) is 6.42 Å². The third kappa shape index (κ3) is 7.95. The van der Waals surface area contributed by atoms with Gasteiger partial charge in [0.25, 0.3) is 5.91 Å². The zero-order chi connectivity index (χ0) is 29.2. The second-order valence-electron chi connectivity index (χ2n) is 8.77. The van der Waals surface area contributed by atoms with E-state index in [1.165, 1.54) is 24.3 Å². The van der Waals surface area contributed by atoms with E-state index >= 15 is 0 Å². The van der Waals surface area contributed by atoms with Crippen molar-refractivity contribution in [2.45, 2.75) is 12.6 Å². The molecule has 7 nitrogen and oxygen atoms in total. The van der Waals surface area contributed by atoms with Crippen molar-refractivity contribution in [3.05, 3.63) is 119 Å². The fourth-order valence-electron chi connectivity index (χ4n) is 3.88. The van der Waals surface area contributed by atoms with Gasteiger partial charge in [-0.2, -0.15) is 13.2 Å². The largest absolute Gasteiger partial charge is 0.493 e. The molecule has 4 aromatic carbocycles. The molecule has 0 bridgehead atoms. The van der Waals surface area contributed by atoms with Crippen LogP contribution in [-0.4, -0.2) is 36.4 Å². The Hall–Kier alpha value is -5.12. The van der Waals surface area contributed by atoms with Gasteiger partial charge < -0.3 is 20.0 Å². The second-order valence-corrected chi connectivity index (χ2v) is 8.77. The summed E-state index contributed by atoms with van der Waals surface area (Å²) in [5.74, 6) is -2.24. The van der Waals surface area contributed by atoms with Crippen molar-refractivity contribution in [2.75, 3.05) is 18.5 Å². The summed E-state index contributed by atoms with van der Waals surface area (Å²) >= 11 is 0. The van der Waals surface area contributed by atoms with Crippen molar-refractivity contribution in [2.24, 2.45) is 5.16 Å². The Kier molecular flexibility index (Phi) is 9.36. The quantitative estimate of drug-likeness (QED) is 0.115. The maximum absolute atomic E-state index is 13.3. The number of amides is 1. The van der Waals surface area contributed by atoms with Crippen LogP contribution in [0.3, 0.4) is 0 Å². The average molecular weight is 563 g/mol. The fourth-order valence-corrected chi connectivity index (χ4v) is 3.88. The lowest BCUT2D eigenvalue weighted by atomic mass is 10.0. The molecular formula is C31H25F3N2O5. The highest BCUT2D eigenvalue weighted by molar-refractivity contribution is 6.08. The molecule has 4 rings (SSSR count). The topological polar surface area (TPSA) is 97.2 Å². The number of benzene rings is 4. The lowest BCUT2D eigenvalue weighted by Gasteiger charge is -2.15. The summed E-state index contributed by atoms with van der Waals surface area (Å²) in [6, 6.07) is 25.9. The number of ether oxygens (including phenoxy) is 1. The Labute approximate surface area is 233 Å². The molecule has 0 aromatic heterocycles. The summed E-state index contributed by atoms with van der Waals surface area (Å²) < 4.78 is 45.6. The molecule has 0 fully saturated rings. The number of hydrogen-bond donors (Lipinski definition) is 2. The van der Waals surface area contributed by atoms with Crippen molar-refractivity contribution < 1.29 is 37.4 Å². The first-order valence-electron chi connectivity index (χ1n) is 12.5. The highest BCUT2D eigenvalue weighted by atomic mass is 19.4. The highest BCUT2D eigenvalue weighted by Crippen LogP contribution is 2.32. The molecular weight excluding hydrogens is 537 g/mol. The minimum atomic E-state index is -4.76. The smallest absolute Gasteiger partial charge is 0.417 e. The number of carbonyl (C=O) groups is 2. The molecule has 0 saturated carbocycles. The first kappa shape index (κ1) is 28.9. The van der Waals surface area contributed by atoms with E-state index in [4.69, 9.17) is 9.57 Å². The SMILES string of the molecule is O=C(O)c1ccc(OCCCO/N=C\c2ccc(-c3ccccc3)cc2)cc1NC(=O)c1ccccc1C(F)(F)F. The zero-order valence-corrected chi connectivity index (χ0v) is 21.6. The van der Waals surface area contributed by atoms with E-state index in [9.17, 15) is 27.9 Å². The van der Waals surface area contributed by atoms with Crippen LogP contribution in [0.5, 0.6) is 5.75 Å². The monoisotopic (exact) mass is 562 g/mol. The van der Waals surface area contributed by atoms with Gasteiger partial charge in [0.05, 0.1) is 35.2 Å². The van der Waals surface area contributed by atoms with Crippen LogP contribution in [0.4, 0.5) is 18.9 Å². The normalized spacial score (nSPS) is 11.3. The molecule has 2 N–H and O–H groups in total. The van der Waals surface area contributed by atoms with Crippen molar-refractivity contribution in [3.8, 4) is 16.9 Å². The third-order valence-electron chi connectivity index (χ3n) is 5.89. The number of alkyl halides is 3. The molecule has 0 unspecified atom stereocenters. The number of carboxylic acids is 1. The molecule has 0 aliphatic rings. The molecule has 0 saturated heterocycles. The molecule has 0 radical (unpaired) electrons. The van der Waals surface area contributed by atoms with Gasteiger partial charge in [0, 0.05) is 12.5 Å². The van der Waals surface area contributed by atoms with Gasteiger partial charge in [0.2, 0.25) is 0 Å². The van der Waals surface area contributed by atoms with Crippen LogP contribution in [0, 0.1) is 0 Å². The molecule has 4 aromatic rings. The standard InChI is InChI=1S/C31H25F3N2O5/c32-31(33,34)27-10-5-4-9-25(27)29(37)36-28-19-24(15-16-26(28)30(38)39)40-17-6-18-41-35-20-21-11-13-23(14-12-21)22-7-2-1-3-8-22/h1-5,7-16,19-20H,6,17-18H2,(H,36,37)(H,38,39)/b35-20-. The summed E-state index contributed by atoms with van der Waals surface area (Å²) in [6.07, 6.45) is -2.73. The fraction of sp³-hybridized carbons (Fsp3) is 0.129. The summed E-state index contributed by atoms with van der Waals surface area (Å²) in [5.41, 5.74) is 0.811. The van der Waals surface area contributed by atoms with E-state index in [-0.39, 0.29) is 30.2 Å². The Morgan fingerprint density at radius 1 is 0.829 bits per heavy atom. The summed E-state index contributed by atoms with van der Waals surface area (Å²) in [6.45, 7) is 0.418. The first-order valence-corrected chi connectivity index (χ1v) is 12.5. The zero-order valence-electron chi connectivity index (χ0n) is 21.6. The van der Waals surface area contributed by atoms with Crippen LogP contribution >= 0.6 is 0 Å². The van der Waals surface area contributed by atoms with Crippen molar-refractivity contribution in [1.29, 1.82) is 0 Å². The number of nitrogens with one attached hydrogen (secondary N) is 1. The number of hydrogen-bond acceptors (Lipinski definition) is 5. The number of nitrogens with zero attached hydrogens (tertiary/aromatic N) is 1. The van der Waals surface area contributed by atoms with Crippen molar-refractivity contribution >= 4 is 23.8 Å². The Morgan fingerprint density at radius 3 is 2.22 bits per heavy atom. The second kappa shape index (κ2) is 13.3. The molecule has 0 spiro atoms. The van der Waals surface area contributed by atoms with Gasteiger partial charge in [-0.1, -0.05) is 71.9 Å². The molecule has 210 valence electrons. The minimum Gasteiger partial charge on any atom is -0.493 e. The summed E-state index contributed by atoms with van der Waals surface area (Å²) in [4.78, 5) is 29.5. The van der Waals surface area contributed by atoms with E-state index in [2.05, 4.69) is 10.5 Å². The van der Waals surface area contributed by atoms with Gasteiger partial charge in [0.15, 0.2) is 0 Å². The van der Waals surface area contributed by atoms with Crippen LogP contribution in [0.15, 0.2) is 102 Å². The van der Waals surface area contributed by atoms with E-state index in [1.807, 2.05) is 54.6 Å². The van der Waals surface area contributed by atoms with E-state index in [0.717, 1.165) is 34.9 Å². The summed E-state index contributed by atoms with van der Waals surface area (Å²) in [7, 11) is 0. The van der Waals surface area contributed by atoms with Gasteiger partial charge >= 0.3 is 12.1 Å². The number of carboxylic acid groups (broad SMARTS) is 1.